The second kappa shape index (κ2) is 5.19. The van der Waals surface area contributed by atoms with Gasteiger partial charge in [-0.1, -0.05) is 12.1 Å². The molecule has 0 saturated carbocycles. The van der Waals surface area contributed by atoms with E-state index in [0.29, 0.717) is 0 Å². The van der Waals surface area contributed by atoms with Gasteiger partial charge in [0.15, 0.2) is 0 Å². The van der Waals surface area contributed by atoms with Crippen LogP contribution in [0.2, 0.25) is 0 Å². The summed E-state index contributed by atoms with van der Waals surface area (Å²) in [5.74, 6) is -0.860. The van der Waals surface area contributed by atoms with E-state index in [1.165, 1.54) is 18.5 Å². The third kappa shape index (κ3) is 2.97. The van der Waals surface area contributed by atoms with E-state index in [-0.39, 0.29) is 6.42 Å². The van der Waals surface area contributed by atoms with E-state index < -0.39 is 12.0 Å². The number of carboxylic acid groups (broad SMARTS) is 1. The average molecular weight is 234 g/mol. The van der Waals surface area contributed by atoms with Crippen LogP contribution in [-0.2, 0) is 4.79 Å². The highest BCUT2D eigenvalue weighted by molar-refractivity contribution is 5.68. The summed E-state index contributed by atoms with van der Waals surface area (Å²) in [6.45, 7) is 2.22. The van der Waals surface area contributed by atoms with Crippen LogP contribution in [0.15, 0.2) is 24.3 Å². The number of benzene rings is 1. The second-order valence-corrected chi connectivity index (χ2v) is 4.49. The van der Waals surface area contributed by atoms with Gasteiger partial charge in [0.25, 0.3) is 0 Å². The maximum Gasteiger partial charge on any atom is 0.305 e. The summed E-state index contributed by atoms with van der Waals surface area (Å²) in [6.07, 6.45) is 2.48. The average Bonchev–Trinajstić information content (AvgIpc) is 2.82. The summed E-state index contributed by atoms with van der Waals surface area (Å²) in [4.78, 5) is 12.9. The van der Waals surface area contributed by atoms with Gasteiger partial charge in [0, 0.05) is 24.8 Å². The standard InChI is InChI=1S/C13H18N2O2/c14-12(9-13(16)17)10-3-5-11(6-4-10)15-7-1-2-8-15/h3-6,12H,1-2,7-9,14H2,(H,16,17). The van der Waals surface area contributed by atoms with E-state index in [0.717, 1.165) is 18.7 Å². The number of carboxylic acids is 1. The third-order valence-electron chi connectivity index (χ3n) is 3.19. The topological polar surface area (TPSA) is 66.6 Å². The number of rotatable bonds is 4. The molecular weight excluding hydrogens is 216 g/mol. The van der Waals surface area contributed by atoms with Gasteiger partial charge in [0.05, 0.1) is 6.42 Å². The Morgan fingerprint density at radius 2 is 1.88 bits per heavy atom. The molecule has 0 bridgehead atoms. The van der Waals surface area contributed by atoms with Crippen molar-refractivity contribution in [2.75, 3.05) is 18.0 Å². The van der Waals surface area contributed by atoms with Crippen LogP contribution in [0, 0.1) is 0 Å². The summed E-state index contributed by atoms with van der Waals surface area (Å²) in [7, 11) is 0. The van der Waals surface area contributed by atoms with Gasteiger partial charge < -0.3 is 15.7 Å². The molecule has 0 amide bonds. The van der Waals surface area contributed by atoms with Crippen LogP contribution in [0.1, 0.15) is 30.9 Å². The molecule has 2 rings (SSSR count). The molecule has 0 spiro atoms. The smallest absolute Gasteiger partial charge is 0.305 e. The Morgan fingerprint density at radius 1 is 1.29 bits per heavy atom. The fraction of sp³-hybridized carbons (Fsp3) is 0.462. The van der Waals surface area contributed by atoms with Gasteiger partial charge in [-0.25, -0.2) is 0 Å². The molecule has 1 aliphatic heterocycles. The molecule has 4 nitrogen and oxygen atoms in total. The quantitative estimate of drug-likeness (QED) is 0.833. The maximum absolute atomic E-state index is 10.6. The largest absolute Gasteiger partial charge is 0.481 e. The Kier molecular flexibility index (Phi) is 3.64. The van der Waals surface area contributed by atoms with Crippen LogP contribution in [0.4, 0.5) is 5.69 Å². The van der Waals surface area contributed by atoms with Crippen molar-refractivity contribution in [3.8, 4) is 0 Å². The molecule has 1 saturated heterocycles. The van der Waals surface area contributed by atoms with Crippen LogP contribution in [0.3, 0.4) is 0 Å². The van der Waals surface area contributed by atoms with Crippen LogP contribution in [0.25, 0.3) is 0 Å². The summed E-state index contributed by atoms with van der Waals surface area (Å²) >= 11 is 0. The number of hydrogen-bond acceptors (Lipinski definition) is 3. The monoisotopic (exact) mass is 234 g/mol. The second-order valence-electron chi connectivity index (χ2n) is 4.49. The summed E-state index contributed by atoms with van der Waals surface area (Å²) in [5.41, 5.74) is 7.89. The predicted octanol–water partition coefficient (Wildman–Crippen LogP) is 1.76. The fourth-order valence-electron chi connectivity index (χ4n) is 2.21. The number of aliphatic carboxylic acids is 1. The van der Waals surface area contributed by atoms with Crippen LogP contribution < -0.4 is 10.6 Å². The van der Waals surface area contributed by atoms with Crippen molar-refractivity contribution in [2.45, 2.75) is 25.3 Å². The van der Waals surface area contributed by atoms with Gasteiger partial charge in [0.1, 0.15) is 0 Å². The molecule has 1 atom stereocenters. The lowest BCUT2D eigenvalue weighted by Gasteiger charge is -2.18. The SMILES string of the molecule is NC(CC(=O)O)c1ccc(N2CCCC2)cc1. The lowest BCUT2D eigenvalue weighted by molar-refractivity contribution is -0.137. The third-order valence-corrected chi connectivity index (χ3v) is 3.19. The molecule has 4 heteroatoms. The molecule has 92 valence electrons. The Hall–Kier alpha value is -1.55. The Bertz CT molecular complexity index is 383. The lowest BCUT2D eigenvalue weighted by atomic mass is 10.0. The molecule has 1 aromatic carbocycles. The van der Waals surface area contributed by atoms with Crippen molar-refractivity contribution in [3.63, 3.8) is 0 Å². The molecule has 1 heterocycles. The summed E-state index contributed by atoms with van der Waals surface area (Å²) in [6, 6.07) is 7.51. The zero-order chi connectivity index (χ0) is 12.3. The fourth-order valence-corrected chi connectivity index (χ4v) is 2.21. The molecule has 1 aromatic rings. The highest BCUT2D eigenvalue weighted by Crippen LogP contribution is 2.22. The number of hydrogen-bond donors (Lipinski definition) is 2. The first-order chi connectivity index (χ1) is 8.16. The van der Waals surface area contributed by atoms with Crippen molar-refractivity contribution in [1.82, 2.24) is 0 Å². The zero-order valence-corrected chi connectivity index (χ0v) is 9.80. The molecule has 1 aliphatic rings. The normalized spacial score (nSPS) is 17.1. The molecule has 1 unspecified atom stereocenters. The van der Waals surface area contributed by atoms with Gasteiger partial charge in [-0.15, -0.1) is 0 Å². The van der Waals surface area contributed by atoms with E-state index in [4.69, 9.17) is 10.8 Å². The summed E-state index contributed by atoms with van der Waals surface area (Å²) < 4.78 is 0. The zero-order valence-electron chi connectivity index (χ0n) is 9.80. The number of nitrogens with zero attached hydrogens (tertiary/aromatic N) is 1. The van der Waals surface area contributed by atoms with Crippen molar-refractivity contribution >= 4 is 11.7 Å². The summed E-state index contributed by atoms with van der Waals surface area (Å²) in [5, 5.41) is 8.68. The molecule has 0 radical (unpaired) electrons. The van der Waals surface area contributed by atoms with Crippen molar-refractivity contribution in [1.29, 1.82) is 0 Å². The minimum Gasteiger partial charge on any atom is -0.481 e. The number of carbonyl (C=O) groups is 1. The van der Waals surface area contributed by atoms with Gasteiger partial charge in [0.2, 0.25) is 0 Å². The van der Waals surface area contributed by atoms with Gasteiger partial charge in [-0.3, -0.25) is 4.79 Å². The van der Waals surface area contributed by atoms with Crippen molar-refractivity contribution < 1.29 is 9.90 Å². The minimum atomic E-state index is -0.860. The van der Waals surface area contributed by atoms with Gasteiger partial charge >= 0.3 is 5.97 Å². The molecule has 0 aromatic heterocycles. The first-order valence-electron chi connectivity index (χ1n) is 5.99. The van der Waals surface area contributed by atoms with Crippen LogP contribution in [0.5, 0.6) is 0 Å². The molecule has 1 fully saturated rings. The first-order valence-corrected chi connectivity index (χ1v) is 5.99. The van der Waals surface area contributed by atoms with Crippen LogP contribution >= 0.6 is 0 Å². The van der Waals surface area contributed by atoms with Gasteiger partial charge in [-0.2, -0.15) is 0 Å². The van der Waals surface area contributed by atoms with Gasteiger partial charge in [-0.05, 0) is 30.5 Å². The van der Waals surface area contributed by atoms with E-state index in [2.05, 4.69) is 4.90 Å². The molecule has 0 aliphatic carbocycles. The Morgan fingerprint density at radius 3 is 2.41 bits per heavy atom. The number of anilines is 1. The van der Waals surface area contributed by atoms with Crippen molar-refractivity contribution in [3.05, 3.63) is 29.8 Å². The Balaban J connectivity index is 2.04. The maximum atomic E-state index is 10.6. The highest BCUT2D eigenvalue weighted by Gasteiger charge is 2.14. The van der Waals surface area contributed by atoms with Crippen molar-refractivity contribution in [2.24, 2.45) is 5.73 Å². The highest BCUT2D eigenvalue weighted by atomic mass is 16.4. The lowest BCUT2D eigenvalue weighted by Crippen LogP contribution is -2.18. The van der Waals surface area contributed by atoms with E-state index in [9.17, 15) is 4.79 Å². The van der Waals surface area contributed by atoms with E-state index in [1.807, 2.05) is 24.3 Å². The first kappa shape index (κ1) is 11.9. The van der Waals surface area contributed by atoms with E-state index in [1.54, 1.807) is 0 Å². The van der Waals surface area contributed by atoms with Crippen LogP contribution in [-0.4, -0.2) is 24.2 Å². The molecular formula is C13H18N2O2. The Labute approximate surface area is 101 Å². The number of nitrogens with two attached hydrogens (primary N) is 1. The predicted molar refractivity (Wildman–Crippen MR) is 67.1 cm³/mol. The minimum absolute atomic E-state index is 0.0247. The molecule has 17 heavy (non-hydrogen) atoms. The van der Waals surface area contributed by atoms with E-state index >= 15 is 0 Å². The molecule has 3 N–H and O–H groups in total.